The zero-order chi connectivity index (χ0) is 13.0. The third-order valence-electron chi connectivity index (χ3n) is 2.10. The first-order valence-corrected chi connectivity index (χ1v) is 5.16. The maximum Gasteiger partial charge on any atom is 0.293 e. The van der Waals surface area contributed by atoms with Gasteiger partial charge in [-0.3, -0.25) is 14.9 Å². The van der Waals surface area contributed by atoms with Crippen molar-refractivity contribution in [3.05, 3.63) is 36.0 Å². The van der Waals surface area contributed by atoms with Crippen LogP contribution in [0.2, 0.25) is 0 Å². The van der Waals surface area contributed by atoms with Crippen LogP contribution < -0.4 is 11.1 Å². The highest BCUT2D eigenvalue weighted by Crippen LogP contribution is 1.99. The van der Waals surface area contributed by atoms with E-state index in [4.69, 9.17) is 10.2 Å². The Hall–Kier alpha value is -2.48. The van der Waals surface area contributed by atoms with Gasteiger partial charge in [-0.05, 0) is 12.1 Å². The van der Waals surface area contributed by atoms with Gasteiger partial charge in [-0.1, -0.05) is 5.21 Å². The van der Waals surface area contributed by atoms with Crippen LogP contribution in [0.5, 0.6) is 0 Å². The predicted octanol–water partition coefficient (Wildman–Crippen LogP) is -0.714. The van der Waals surface area contributed by atoms with Gasteiger partial charge < -0.3 is 10.2 Å². The molecule has 2 rings (SSSR count). The highest BCUT2D eigenvalue weighted by Gasteiger charge is 2.13. The maximum absolute atomic E-state index is 11.5. The molecule has 0 atom stereocenters. The summed E-state index contributed by atoms with van der Waals surface area (Å²) in [5.74, 6) is -1.03. The zero-order valence-electron chi connectivity index (χ0n) is 9.37. The van der Waals surface area contributed by atoms with E-state index in [1.165, 1.54) is 23.2 Å². The molecule has 2 aromatic rings. The van der Waals surface area contributed by atoms with Gasteiger partial charge in [0.2, 0.25) is 5.91 Å². The molecule has 0 fully saturated rings. The van der Waals surface area contributed by atoms with Gasteiger partial charge in [-0.2, -0.15) is 0 Å². The quantitative estimate of drug-likeness (QED) is 0.739. The van der Waals surface area contributed by atoms with Gasteiger partial charge in [0.1, 0.15) is 6.54 Å². The zero-order valence-corrected chi connectivity index (χ0v) is 9.37. The van der Waals surface area contributed by atoms with Gasteiger partial charge in [0.15, 0.2) is 5.76 Å². The normalized spacial score (nSPS) is 10.3. The first-order chi connectivity index (χ1) is 8.69. The molecular weight excluding hydrogens is 238 g/mol. The van der Waals surface area contributed by atoms with Crippen molar-refractivity contribution in [3.8, 4) is 0 Å². The third kappa shape index (κ3) is 2.80. The Balaban J connectivity index is 1.91. The van der Waals surface area contributed by atoms with Gasteiger partial charge in [0.05, 0.1) is 18.2 Å². The van der Waals surface area contributed by atoms with E-state index in [2.05, 4.69) is 15.6 Å². The molecule has 0 aliphatic rings. The van der Waals surface area contributed by atoms with Crippen molar-refractivity contribution in [1.29, 1.82) is 0 Å². The van der Waals surface area contributed by atoms with Crippen molar-refractivity contribution in [1.82, 2.24) is 20.3 Å². The Labute approximate surface area is 102 Å². The van der Waals surface area contributed by atoms with Crippen LogP contribution in [0.4, 0.5) is 0 Å². The first kappa shape index (κ1) is 12.0. The largest absolute Gasteiger partial charge is 0.459 e. The van der Waals surface area contributed by atoms with Crippen LogP contribution in [0.15, 0.2) is 29.0 Å². The van der Waals surface area contributed by atoms with Crippen LogP contribution in [0.25, 0.3) is 0 Å². The summed E-state index contributed by atoms with van der Waals surface area (Å²) in [7, 11) is 0. The van der Waals surface area contributed by atoms with Gasteiger partial charge in [0.25, 0.3) is 5.91 Å². The lowest BCUT2D eigenvalue weighted by atomic mass is 10.4. The lowest BCUT2D eigenvalue weighted by Crippen LogP contribution is -2.33. The Bertz CT molecular complexity index is 546. The van der Waals surface area contributed by atoms with Crippen molar-refractivity contribution >= 4 is 11.8 Å². The molecule has 3 N–H and O–H groups in total. The Morgan fingerprint density at radius 1 is 1.50 bits per heavy atom. The standard InChI is InChI=1S/C10H11N5O3/c11-4-7-5-15(14-13-7)6-9(16)12-10(17)8-2-1-3-18-8/h1-3,5H,4,6,11H2,(H,12,16,17). The van der Waals surface area contributed by atoms with Crippen molar-refractivity contribution in [2.45, 2.75) is 13.1 Å². The van der Waals surface area contributed by atoms with E-state index < -0.39 is 11.8 Å². The van der Waals surface area contributed by atoms with E-state index in [1.807, 2.05) is 0 Å². The van der Waals surface area contributed by atoms with Crippen LogP contribution in [-0.2, 0) is 17.9 Å². The minimum Gasteiger partial charge on any atom is -0.459 e. The van der Waals surface area contributed by atoms with E-state index >= 15 is 0 Å². The van der Waals surface area contributed by atoms with E-state index in [-0.39, 0.29) is 18.8 Å². The molecule has 0 aliphatic heterocycles. The lowest BCUT2D eigenvalue weighted by Gasteiger charge is -2.01. The molecule has 0 saturated carbocycles. The number of aromatic nitrogens is 3. The van der Waals surface area contributed by atoms with Gasteiger partial charge in [-0.25, -0.2) is 4.68 Å². The SMILES string of the molecule is NCc1cn(CC(=O)NC(=O)c2ccco2)nn1. The lowest BCUT2D eigenvalue weighted by molar-refractivity contribution is -0.120. The molecule has 8 heteroatoms. The molecule has 0 unspecified atom stereocenters. The number of nitrogens with one attached hydrogen (secondary N) is 1. The number of hydrogen-bond donors (Lipinski definition) is 2. The van der Waals surface area contributed by atoms with Crippen molar-refractivity contribution in [3.63, 3.8) is 0 Å². The molecule has 0 bridgehead atoms. The number of carbonyl (C=O) groups excluding carboxylic acids is 2. The van der Waals surface area contributed by atoms with Gasteiger partial charge in [-0.15, -0.1) is 5.10 Å². The number of nitrogens with zero attached hydrogens (tertiary/aromatic N) is 3. The second-order valence-electron chi connectivity index (χ2n) is 3.47. The molecule has 8 nitrogen and oxygen atoms in total. The molecule has 2 heterocycles. The van der Waals surface area contributed by atoms with Crippen LogP contribution >= 0.6 is 0 Å². The topological polar surface area (TPSA) is 116 Å². The highest BCUT2D eigenvalue weighted by atomic mass is 16.3. The van der Waals surface area contributed by atoms with Gasteiger partial charge >= 0.3 is 0 Å². The summed E-state index contributed by atoms with van der Waals surface area (Å²) in [6.07, 6.45) is 2.89. The second-order valence-corrected chi connectivity index (χ2v) is 3.47. The van der Waals surface area contributed by atoms with E-state index in [0.29, 0.717) is 5.69 Å². The molecule has 0 saturated heterocycles. The number of amides is 2. The Kier molecular flexibility index (Phi) is 3.49. The number of imide groups is 1. The Morgan fingerprint density at radius 2 is 2.33 bits per heavy atom. The molecule has 18 heavy (non-hydrogen) atoms. The minimum atomic E-state index is -0.593. The molecule has 94 valence electrons. The van der Waals surface area contributed by atoms with E-state index in [1.54, 1.807) is 6.07 Å². The smallest absolute Gasteiger partial charge is 0.293 e. The van der Waals surface area contributed by atoms with Crippen LogP contribution in [0.3, 0.4) is 0 Å². The first-order valence-electron chi connectivity index (χ1n) is 5.16. The van der Waals surface area contributed by atoms with Crippen LogP contribution in [-0.4, -0.2) is 26.8 Å². The fourth-order valence-electron chi connectivity index (χ4n) is 1.29. The average Bonchev–Trinajstić information content (AvgIpc) is 2.98. The third-order valence-corrected chi connectivity index (χ3v) is 2.10. The summed E-state index contributed by atoms with van der Waals surface area (Å²) >= 11 is 0. The number of furan rings is 1. The summed E-state index contributed by atoms with van der Waals surface area (Å²) in [5, 5.41) is 9.58. The summed E-state index contributed by atoms with van der Waals surface area (Å²) in [4.78, 5) is 23.0. The number of nitrogens with two attached hydrogens (primary N) is 1. The second kappa shape index (κ2) is 5.23. The summed E-state index contributed by atoms with van der Waals surface area (Å²) in [6, 6.07) is 3.02. The van der Waals surface area contributed by atoms with Crippen LogP contribution in [0.1, 0.15) is 16.2 Å². The Morgan fingerprint density at radius 3 is 2.94 bits per heavy atom. The minimum absolute atomic E-state index is 0.0737. The summed E-state index contributed by atoms with van der Waals surface area (Å²) in [6.45, 7) is 0.131. The highest BCUT2D eigenvalue weighted by molar-refractivity contribution is 6.02. The average molecular weight is 249 g/mol. The van der Waals surface area contributed by atoms with Crippen molar-refractivity contribution in [2.24, 2.45) is 5.73 Å². The molecule has 0 aromatic carbocycles. The van der Waals surface area contributed by atoms with E-state index in [9.17, 15) is 9.59 Å². The molecular formula is C10H11N5O3. The summed E-state index contributed by atoms with van der Waals surface area (Å²) < 4.78 is 6.15. The maximum atomic E-state index is 11.5. The molecule has 0 radical (unpaired) electrons. The molecule has 0 spiro atoms. The van der Waals surface area contributed by atoms with Crippen LogP contribution in [0, 0.1) is 0 Å². The monoisotopic (exact) mass is 249 g/mol. The fourth-order valence-corrected chi connectivity index (χ4v) is 1.29. The fraction of sp³-hybridized carbons (Fsp3) is 0.200. The molecule has 2 amide bonds. The van der Waals surface area contributed by atoms with Gasteiger partial charge in [0, 0.05) is 6.54 Å². The number of rotatable bonds is 4. The molecule has 2 aromatic heterocycles. The predicted molar refractivity (Wildman–Crippen MR) is 59.1 cm³/mol. The van der Waals surface area contributed by atoms with Crippen molar-refractivity contribution < 1.29 is 14.0 Å². The molecule has 0 aliphatic carbocycles. The van der Waals surface area contributed by atoms with Crippen molar-refractivity contribution in [2.75, 3.05) is 0 Å². The number of hydrogen-bond acceptors (Lipinski definition) is 6. The summed E-state index contributed by atoms with van der Waals surface area (Å²) in [5.41, 5.74) is 5.93. The van der Waals surface area contributed by atoms with E-state index in [0.717, 1.165) is 0 Å². The number of carbonyl (C=O) groups is 2.